The maximum absolute atomic E-state index is 14.2. The third kappa shape index (κ3) is 4.73. The van der Waals surface area contributed by atoms with Crippen LogP contribution in [-0.4, -0.2) is 50.6 Å². The summed E-state index contributed by atoms with van der Waals surface area (Å²) in [6.07, 6.45) is -1.51. The molecule has 174 valence electrons. The van der Waals surface area contributed by atoms with Crippen molar-refractivity contribution in [1.29, 1.82) is 0 Å². The highest BCUT2D eigenvalue weighted by Crippen LogP contribution is 2.42. The molecule has 4 rings (SSSR count). The first-order valence-corrected chi connectivity index (χ1v) is 12.2. The van der Waals surface area contributed by atoms with E-state index in [0.717, 1.165) is 0 Å². The lowest BCUT2D eigenvalue weighted by atomic mass is 9.87. The number of fused-ring (bicyclic) bond motifs is 3. The number of likely N-dealkylation sites (N-methyl/N-ethyl adjacent to an activating group) is 1. The Morgan fingerprint density at radius 2 is 1.79 bits per heavy atom. The molecule has 0 bridgehead atoms. The number of rotatable bonds is 4. The Balaban J connectivity index is 1.99. The van der Waals surface area contributed by atoms with Gasteiger partial charge in [0.25, 0.3) is 0 Å². The molecular formula is C24H22F4N2O2S. The van der Waals surface area contributed by atoms with E-state index in [0.29, 0.717) is 27.8 Å². The van der Waals surface area contributed by atoms with E-state index in [9.17, 15) is 26.0 Å². The molecule has 33 heavy (non-hydrogen) atoms. The maximum Gasteiger partial charge on any atom is 0.414 e. The second-order valence-electron chi connectivity index (χ2n) is 8.13. The first kappa shape index (κ1) is 23.2. The molecule has 0 amide bonds. The molecule has 4 nitrogen and oxygen atoms in total. The average molecular weight is 479 g/mol. The minimum Gasteiger partial charge on any atom is -0.376 e. The normalized spacial score (nSPS) is 18.5. The van der Waals surface area contributed by atoms with Crippen molar-refractivity contribution in [3.8, 4) is 0 Å². The maximum atomic E-state index is 14.2. The van der Waals surface area contributed by atoms with Crippen molar-refractivity contribution in [2.45, 2.75) is 24.9 Å². The van der Waals surface area contributed by atoms with E-state index in [1.54, 1.807) is 43.3 Å². The van der Waals surface area contributed by atoms with Crippen LogP contribution in [0.3, 0.4) is 0 Å². The Kier molecular flexibility index (Phi) is 5.94. The standard InChI is InChI=1S/C24H22F4N2O2S/c1-3-33(31,32)14-15-4-9-18-20(12-15)21-13-30(2)11-10-19(21)23(24(26,27)28)29-22(18)16-5-7-17(25)8-6-16/h4-10,12-13,23H,3,11,14H2,1-2H3/t23-/m1/s1. The fourth-order valence-electron chi connectivity index (χ4n) is 4.01. The summed E-state index contributed by atoms with van der Waals surface area (Å²) in [5, 5.41) is 0. The van der Waals surface area contributed by atoms with Gasteiger partial charge in [-0.15, -0.1) is 0 Å². The van der Waals surface area contributed by atoms with Gasteiger partial charge in [-0.3, -0.25) is 4.99 Å². The van der Waals surface area contributed by atoms with Gasteiger partial charge in [0, 0.05) is 42.2 Å². The highest BCUT2D eigenvalue weighted by molar-refractivity contribution is 7.90. The van der Waals surface area contributed by atoms with Gasteiger partial charge >= 0.3 is 6.18 Å². The van der Waals surface area contributed by atoms with E-state index in [2.05, 4.69) is 4.99 Å². The number of halogens is 4. The van der Waals surface area contributed by atoms with Gasteiger partial charge in [-0.2, -0.15) is 13.2 Å². The van der Waals surface area contributed by atoms with Crippen LogP contribution in [0.4, 0.5) is 17.6 Å². The monoisotopic (exact) mass is 478 g/mol. The molecule has 0 spiro atoms. The molecule has 0 saturated carbocycles. The van der Waals surface area contributed by atoms with Gasteiger partial charge in [-0.1, -0.05) is 25.1 Å². The first-order chi connectivity index (χ1) is 15.5. The summed E-state index contributed by atoms with van der Waals surface area (Å²) in [6, 6.07) is 7.85. The molecule has 0 N–H and O–H groups in total. The number of sulfone groups is 1. The number of hydrogen-bond acceptors (Lipinski definition) is 4. The summed E-state index contributed by atoms with van der Waals surface area (Å²) in [6.45, 7) is 1.83. The van der Waals surface area contributed by atoms with Gasteiger partial charge in [0.2, 0.25) is 0 Å². The number of nitrogens with zero attached hydrogens (tertiary/aromatic N) is 2. The summed E-state index contributed by atoms with van der Waals surface area (Å²) in [5.74, 6) is -0.773. The van der Waals surface area contributed by atoms with Crippen LogP contribution in [0, 0.1) is 5.82 Å². The number of hydrogen-bond donors (Lipinski definition) is 0. The van der Waals surface area contributed by atoms with Crippen molar-refractivity contribution in [2.24, 2.45) is 4.99 Å². The molecule has 0 aliphatic carbocycles. The van der Waals surface area contributed by atoms with Crippen LogP contribution in [0.25, 0.3) is 5.57 Å². The van der Waals surface area contributed by atoms with Gasteiger partial charge in [-0.25, -0.2) is 12.8 Å². The molecule has 0 fully saturated rings. The third-order valence-corrected chi connectivity index (χ3v) is 7.35. The van der Waals surface area contributed by atoms with Gasteiger partial charge in [0.1, 0.15) is 5.82 Å². The van der Waals surface area contributed by atoms with Crippen molar-refractivity contribution in [3.05, 3.63) is 88.4 Å². The SMILES string of the molecule is CCS(=O)(=O)Cc1ccc2c(c1)C1=CN(C)CC=C1[C@H](C(F)(F)F)N=C2c1ccc(F)cc1. The Morgan fingerprint density at radius 3 is 2.42 bits per heavy atom. The number of alkyl halides is 3. The zero-order valence-electron chi connectivity index (χ0n) is 18.0. The van der Waals surface area contributed by atoms with E-state index >= 15 is 0 Å². The summed E-state index contributed by atoms with van der Waals surface area (Å²) < 4.78 is 80.5. The lowest BCUT2D eigenvalue weighted by Crippen LogP contribution is -2.32. The van der Waals surface area contributed by atoms with Crippen molar-refractivity contribution in [3.63, 3.8) is 0 Å². The minimum atomic E-state index is -4.65. The van der Waals surface area contributed by atoms with E-state index in [4.69, 9.17) is 0 Å². The molecule has 0 radical (unpaired) electrons. The van der Waals surface area contributed by atoms with Gasteiger partial charge in [0.15, 0.2) is 15.9 Å². The van der Waals surface area contributed by atoms with Crippen LogP contribution in [0.2, 0.25) is 0 Å². The second-order valence-corrected chi connectivity index (χ2v) is 10.5. The molecule has 2 aromatic rings. The van der Waals surface area contributed by atoms with Crippen molar-refractivity contribution in [1.82, 2.24) is 4.90 Å². The predicted octanol–water partition coefficient (Wildman–Crippen LogP) is 4.76. The minimum absolute atomic E-state index is 0.0226. The van der Waals surface area contributed by atoms with Crippen molar-refractivity contribution < 1.29 is 26.0 Å². The van der Waals surface area contributed by atoms with E-state index < -0.39 is 27.9 Å². The molecule has 2 heterocycles. The van der Waals surface area contributed by atoms with Crippen LogP contribution in [0.5, 0.6) is 0 Å². The van der Waals surface area contributed by atoms with E-state index in [1.165, 1.54) is 30.3 Å². The predicted molar refractivity (Wildman–Crippen MR) is 120 cm³/mol. The van der Waals surface area contributed by atoms with Crippen LogP contribution in [-0.2, 0) is 15.6 Å². The molecule has 0 unspecified atom stereocenters. The van der Waals surface area contributed by atoms with Crippen LogP contribution in [0.15, 0.2) is 65.3 Å². The molecule has 2 aromatic carbocycles. The number of benzene rings is 2. The zero-order valence-corrected chi connectivity index (χ0v) is 18.8. The first-order valence-electron chi connectivity index (χ1n) is 10.4. The Bertz CT molecular complexity index is 1280. The number of aliphatic imine (C=N–C) groups is 1. The summed E-state index contributed by atoms with van der Waals surface area (Å²) >= 11 is 0. The quantitative estimate of drug-likeness (QED) is 0.596. The Morgan fingerprint density at radius 1 is 1.09 bits per heavy atom. The lowest BCUT2D eigenvalue weighted by molar-refractivity contribution is -0.137. The van der Waals surface area contributed by atoms with Crippen LogP contribution in [0.1, 0.15) is 29.2 Å². The molecular weight excluding hydrogens is 456 g/mol. The van der Waals surface area contributed by atoms with Crippen LogP contribution >= 0.6 is 0 Å². The summed E-state index contributed by atoms with van der Waals surface area (Å²) in [4.78, 5) is 5.90. The van der Waals surface area contributed by atoms with E-state index in [1.807, 2.05) is 0 Å². The third-order valence-electron chi connectivity index (χ3n) is 5.70. The molecule has 2 aliphatic heterocycles. The molecule has 1 atom stereocenters. The summed E-state index contributed by atoms with van der Waals surface area (Å²) in [5.41, 5.74) is 2.16. The molecule has 0 aromatic heterocycles. The summed E-state index contributed by atoms with van der Waals surface area (Å²) in [7, 11) is -1.60. The second kappa shape index (κ2) is 8.44. The van der Waals surface area contributed by atoms with Crippen molar-refractivity contribution in [2.75, 3.05) is 19.3 Å². The fourth-order valence-corrected chi connectivity index (χ4v) is 4.90. The highest BCUT2D eigenvalue weighted by Gasteiger charge is 2.45. The van der Waals surface area contributed by atoms with Crippen molar-refractivity contribution >= 4 is 21.1 Å². The Labute approximate surface area is 189 Å². The largest absolute Gasteiger partial charge is 0.414 e. The average Bonchev–Trinajstić information content (AvgIpc) is 2.88. The lowest BCUT2D eigenvalue weighted by Gasteiger charge is -2.27. The smallest absolute Gasteiger partial charge is 0.376 e. The van der Waals surface area contributed by atoms with Crippen LogP contribution < -0.4 is 0 Å². The zero-order chi connectivity index (χ0) is 24.0. The highest BCUT2D eigenvalue weighted by atomic mass is 32.2. The molecule has 0 saturated heterocycles. The fraction of sp³-hybridized carbons (Fsp3) is 0.292. The topological polar surface area (TPSA) is 49.7 Å². The Hall–Kier alpha value is -2.94. The van der Waals surface area contributed by atoms with Gasteiger partial charge < -0.3 is 4.90 Å². The van der Waals surface area contributed by atoms with Gasteiger partial charge in [0.05, 0.1) is 11.5 Å². The van der Waals surface area contributed by atoms with Gasteiger partial charge in [-0.05, 0) is 47.0 Å². The molecule has 9 heteroatoms. The molecule has 2 aliphatic rings. The van der Waals surface area contributed by atoms with E-state index in [-0.39, 0.29) is 29.3 Å².